The smallest absolute Gasteiger partial charge is 0.281 e. The van der Waals surface area contributed by atoms with Gasteiger partial charge in [0.1, 0.15) is 6.04 Å². The first-order chi connectivity index (χ1) is 21.7. The topological polar surface area (TPSA) is 91.4 Å². The molecule has 1 aliphatic heterocycles. The maximum absolute atomic E-state index is 13.5. The largest absolute Gasteiger partial charge is 0.341 e. The number of nitrogens with zero attached hydrogens (tertiary/aromatic N) is 2. The van der Waals surface area contributed by atoms with Crippen LogP contribution < -0.4 is 10.6 Å². The van der Waals surface area contributed by atoms with Gasteiger partial charge in [-0.25, -0.2) is 4.98 Å². The molecule has 1 atom stereocenters. The molecular formula is C37H36N4O3S. The molecular weight excluding hydrogens is 580 g/mol. The van der Waals surface area contributed by atoms with Gasteiger partial charge in [0.15, 0.2) is 5.01 Å². The van der Waals surface area contributed by atoms with Gasteiger partial charge in [0.05, 0.1) is 10.2 Å². The third-order valence-electron chi connectivity index (χ3n) is 8.15. The third kappa shape index (κ3) is 6.66. The van der Waals surface area contributed by atoms with Crippen LogP contribution in [0.1, 0.15) is 70.9 Å². The zero-order chi connectivity index (χ0) is 31.6. The predicted octanol–water partition coefficient (Wildman–Crippen LogP) is 7.61. The molecule has 0 radical (unpaired) electrons. The summed E-state index contributed by atoms with van der Waals surface area (Å²) >= 11 is 1.23. The SMILES string of the molecule is CC(C)(C)c1ccc(-c2ccccc2C(=O)Nc2ccc3nc(C(=O)N[C@@H](C(=O)N4CCCC4)c4ccccc4)sc3c2)cc1. The number of likely N-dealkylation sites (tertiary alicyclic amines) is 1. The molecule has 3 amide bonds. The van der Waals surface area contributed by atoms with Crippen LogP contribution in [0.2, 0.25) is 0 Å². The summed E-state index contributed by atoms with van der Waals surface area (Å²) in [5, 5.41) is 6.22. The summed E-state index contributed by atoms with van der Waals surface area (Å²) in [5.74, 6) is -0.739. The van der Waals surface area contributed by atoms with E-state index in [-0.39, 0.29) is 22.2 Å². The molecule has 1 aliphatic rings. The molecule has 6 rings (SSSR count). The Bertz CT molecular complexity index is 1850. The Morgan fingerprint density at radius 1 is 0.822 bits per heavy atom. The van der Waals surface area contributed by atoms with Crippen molar-refractivity contribution in [3.8, 4) is 11.1 Å². The molecule has 0 bridgehead atoms. The van der Waals surface area contributed by atoms with Crippen LogP contribution in [0.5, 0.6) is 0 Å². The summed E-state index contributed by atoms with van der Waals surface area (Å²) in [6.07, 6.45) is 1.93. The van der Waals surface area contributed by atoms with Crippen LogP contribution in [0.15, 0.2) is 97.1 Å². The molecule has 45 heavy (non-hydrogen) atoms. The van der Waals surface area contributed by atoms with E-state index in [0.29, 0.717) is 29.9 Å². The number of nitrogens with one attached hydrogen (secondary N) is 2. The standard InChI is InChI=1S/C37H36N4O3S/c1-37(2,3)26-17-15-24(16-18-26)28-13-7-8-14-29(28)33(42)38-27-19-20-30-31(23-27)45-35(39-30)34(43)40-32(25-11-5-4-6-12-25)36(44)41-21-9-10-22-41/h4-8,11-20,23,32H,9-10,21-22H2,1-3H3,(H,38,42)(H,40,43)/t32-/m1/s1. The molecule has 228 valence electrons. The Balaban J connectivity index is 1.20. The number of carbonyl (C=O) groups excluding carboxylic acids is 3. The fourth-order valence-corrected chi connectivity index (χ4v) is 6.53. The lowest BCUT2D eigenvalue weighted by atomic mass is 9.86. The fourth-order valence-electron chi connectivity index (χ4n) is 5.63. The van der Waals surface area contributed by atoms with Crippen molar-refractivity contribution < 1.29 is 14.4 Å². The minimum atomic E-state index is -0.789. The Kier molecular flexibility index (Phi) is 8.50. The number of rotatable bonds is 7. The van der Waals surface area contributed by atoms with Gasteiger partial charge in [-0.1, -0.05) is 93.6 Å². The number of hydrogen-bond donors (Lipinski definition) is 2. The number of aromatic nitrogens is 1. The van der Waals surface area contributed by atoms with E-state index in [1.54, 1.807) is 12.1 Å². The lowest BCUT2D eigenvalue weighted by Crippen LogP contribution is -2.41. The van der Waals surface area contributed by atoms with E-state index in [4.69, 9.17) is 0 Å². The van der Waals surface area contributed by atoms with E-state index in [9.17, 15) is 14.4 Å². The second kappa shape index (κ2) is 12.7. The first kappa shape index (κ1) is 30.2. The lowest BCUT2D eigenvalue weighted by Gasteiger charge is -2.24. The molecule has 0 spiro atoms. The number of benzene rings is 4. The van der Waals surface area contributed by atoms with Gasteiger partial charge in [0.2, 0.25) is 5.91 Å². The molecule has 4 aromatic carbocycles. The summed E-state index contributed by atoms with van der Waals surface area (Å²) in [6.45, 7) is 7.92. The molecule has 2 N–H and O–H groups in total. The predicted molar refractivity (Wildman–Crippen MR) is 181 cm³/mol. The molecule has 2 heterocycles. The minimum Gasteiger partial charge on any atom is -0.341 e. The highest BCUT2D eigenvalue weighted by Crippen LogP contribution is 2.30. The zero-order valence-corrected chi connectivity index (χ0v) is 26.5. The highest BCUT2D eigenvalue weighted by molar-refractivity contribution is 7.20. The fraction of sp³-hybridized carbons (Fsp3) is 0.243. The van der Waals surface area contributed by atoms with Gasteiger partial charge >= 0.3 is 0 Å². The quantitative estimate of drug-likeness (QED) is 0.197. The number of fused-ring (bicyclic) bond motifs is 1. The zero-order valence-electron chi connectivity index (χ0n) is 25.7. The van der Waals surface area contributed by atoms with Crippen LogP contribution in [0, 0.1) is 0 Å². The van der Waals surface area contributed by atoms with Crippen molar-refractivity contribution in [2.24, 2.45) is 0 Å². The van der Waals surface area contributed by atoms with E-state index in [0.717, 1.165) is 34.2 Å². The highest BCUT2D eigenvalue weighted by Gasteiger charge is 2.30. The molecule has 5 aromatic rings. The van der Waals surface area contributed by atoms with Crippen molar-refractivity contribution in [1.82, 2.24) is 15.2 Å². The van der Waals surface area contributed by atoms with Gasteiger partial charge in [-0.15, -0.1) is 11.3 Å². The summed E-state index contributed by atoms with van der Waals surface area (Å²) in [4.78, 5) is 46.6. The summed E-state index contributed by atoms with van der Waals surface area (Å²) in [5.41, 5.74) is 5.65. The van der Waals surface area contributed by atoms with Crippen molar-refractivity contribution in [2.45, 2.75) is 45.1 Å². The van der Waals surface area contributed by atoms with Crippen LogP contribution in [-0.2, 0) is 10.2 Å². The maximum atomic E-state index is 13.5. The van der Waals surface area contributed by atoms with Gasteiger partial charge in [-0.3, -0.25) is 14.4 Å². The lowest BCUT2D eigenvalue weighted by molar-refractivity contribution is -0.132. The maximum Gasteiger partial charge on any atom is 0.281 e. The Labute approximate surface area is 267 Å². The Morgan fingerprint density at radius 3 is 2.22 bits per heavy atom. The summed E-state index contributed by atoms with van der Waals surface area (Å²) in [7, 11) is 0. The molecule has 0 aliphatic carbocycles. The highest BCUT2D eigenvalue weighted by atomic mass is 32.1. The number of hydrogen-bond acceptors (Lipinski definition) is 5. The molecule has 1 fully saturated rings. The second-order valence-electron chi connectivity index (χ2n) is 12.4. The Hall–Kier alpha value is -4.82. The average Bonchev–Trinajstić information content (AvgIpc) is 3.74. The van der Waals surface area contributed by atoms with Gasteiger partial charge in [-0.05, 0) is 64.8 Å². The number of thiazole rings is 1. The molecule has 8 heteroatoms. The summed E-state index contributed by atoms with van der Waals surface area (Å²) < 4.78 is 0.756. The minimum absolute atomic E-state index is 0.0416. The van der Waals surface area contributed by atoms with Gasteiger partial charge in [0.25, 0.3) is 11.8 Å². The van der Waals surface area contributed by atoms with Crippen LogP contribution in [-0.4, -0.2) is 40.7 Å². The first-order valence-corrected chi connectivity index (χ1v) is 16.1. The number of amides is 3. The monoisotopic (exact) mass is 616 g/mol. The normalized spacial score (nSPS) is 13.9. The van der Waals surface area contributed by atoms with Crippen LogP contribution in [0.3, 0.4) is 0 Å². The first-order valence-electron chi connectivity index (χ1n) is 15.2. The van der Waals surface area contributed by atoms with Crippen molar-refractivity contribution >= 4 is 45.0 Å². The number of carbonyl (C=O) groups is 3. The molecule has 1 saturated heterocycles. The van der Waals surface area contributed by atoms with Crippen LogP contribution in [0.4, 0.5) is 5.69 Å². The number of anilines is 1. The van der Waals surface area contributed by atoms with Gasteiger partial charge in [0, 0.05) is 24.3 Å². The average molecular weight is 617 g/mol. The summed E-state index contributed by atoms with van der Waals surface area (Å²) in [6, 6.07) is 29.8. The van der Waals surface area contributed by atoms with E-state index >= 15 is 0 Å². The molecule has 1 aromatic heterocycles. The van der Waals surface area contributed by atoms with Crippen molar-refractivity contribution in [2.75, 3.05) is 18.4 Å². The van der Waals surface area contributed by atoms with Crippen LogP contribution >= 0.6 is 11.3 Å². The van der Waals surface area contributed by atoms with E-state index in [2.05, 4.69) is 60.7 Å². The third-order valence-corrected chi connectivity index (χ3v) is 9.16. The van der Waals surface area contributed by atoms with E-state index in [1.807, 2.05) is 65.6 Å². The second-order valence-corrected chi connectivity index (χ2v) is 13.4. The van der Waals surface area contributed by atoms with Crippen molar-refractivity contribution in [3.63, 3.8) is 0 Å². The van der Waals surface area contributed by atoms with Gasteiger partial charge in [-0.2, -0.15) is 0 Å². The molecule has 7 nitrogen and oxygen atoms in total. The molecule has 0 saturated carbocycles. The van der Waals surface area contributed by atoms with Crippen molar-refractivity contribution in [3.05, 3.63) is 119 Å². The Morgan fingerprint density at radius 2 is 1.51 bits per heavy atom. The van der Waals surface area contributed by atoms with E-state index in [1.165, 1.54) is 16.9 Å². The van der Waals surface area contributed by atoms with Crippen molar-refractivity contribution in [1.29, 1.82) is 0 Å². The van der Waals surface area contributed by atoms with E-state index < -0.39 is 11.9 Å². The van der Waals surface area contributed by atoms with Crippen LogP contribution in [0.25, 0.3) is 21.3 Å². The van der Waals surface area contributed by atoms with Gasteiger partial charge < -0.3 is 15.5 Å². The molecule has 0 unspecified atom stereocenters.